The van der Waals surface area contributed by atoms with E-state index in [2.05, 4.69) is 4.90 Å². The van der Waals surface area contributed by atoms with E-state index in [4.69, 9.17) is 9.47 Å². The van der Waals surface area contributed by atoms with Crippen LogP contribution < -0.4 is 0 Å². The number of carbonyl (C=O) groups is 2. The van der Waals surface area contributed by atoms with Crippen LogP contribution >= 0.6 is 0 Å². The van der Waals surface area contributed by atoms with Crippen molar-refractivity contribution in [3.63, 3.8) is 0 Å². The van der Waals surface area contributed by atoms with E-state index in [1.807, 2.05) is 60.7 Å². The van der Waals surface area contributed by atoms with Gasteiger partial charge in [0.2, 0.25) is 0 Å². The number of carbonyl (C=O) groups excluding carboxylic acids is 2. The molecule has 5 nitrogen and oxygen atoms in total. The van der Waals surface area contributed by atoms with Crippen molar-refractivity contribution < 1.29 is 19.1 Å². The topological polar surface area (TPSA) is 55.8 Å². The number of nitrogens with zero attached hydrogens (tertiary/aromatic N) is 1. The fourth-order valence-electron chi connectivity index (χ4n) is 3.32. The number of benzene rings is 2. The maximum atomic E-state index is 12.6. The minimum Gasteiger partial charge on any atom is -0.469 e. The first-order valence-electron chi connectivity index (χ1n) is 8.72. The zero-order valence-electron chi connectivity index (χ0n) is 14.8. The lowest BCUT2D eigenvalue weighted by atomic mass is 9.96. The zero-order chi connectivity index (χ0) is 18.4. The summed E-state index contributed by atoms with van der Waals surface area (Å²) in [7, 11) is 1.36. The Morgan fingerprint density at radius 2 is 1.42 bits per heavy atom. The van der Waals surface area contributed by atoms with Crippen LogP contribution in [0.25, 0.3) is 0 Å². The highest BCUT2D eigenvalue weighted by molar-refractivity contribution is 5.83. The largest absolute Gasteiger partial charge is 0.469 e. The van der Waals surface area contributed by atoms with Gasteiger partial charge in [-0.2, -0.15) is 0 Å². The van der Waals surface area contributed by atoms with Gasteiger partial charge in [-0.05, 0) is 11.1 Å². The quantitative estimate of drug-likeness (QED) is 0.748. The highest BCUT2D eigenvalue weighted by Crippen LogP contribution is 2.27. The molecule has 5 heteroatoms. The summed E-state index contributed by atoms with van der Waals surface area (Å²) in [5.74, 6) is -1.70. The summed E-state index contributed by atoms with van der Waals surface area (Å²) in [6.07, 6.45) is 0. The number of hydrogen-bond donors (Lipinski definition) is 0. The lowest BCUT2D eigenvalue weighted by Crippen LogP contribution is -2.30. The molecule has 0 N–H and O–H groups in total. The van der Waals surface area contributed by atoms with Gasteiger partial charge < -0.3 is 9.47 Å². The van der Waals surface area contributed by atoms with Crippen LogP contribution in [-0.4, -0.2) is 37.0 Å². The molecule has 1 aliphatic heterocycles. The Hall–Kier alpha value is -2.66. The van der Waals surface area contributed by atoms with Gasteiger partial charge in [-0.15, -0.1) is 0 Å². The van der Waals surface area contributed by atoms with Crippen molar-refractivity contribution in [1.29, 1.82) is 0 Å². The lowest BCUT2D eigenvalue weighted by Gasteiger charge is -2.15. The fraction of sp³-hybridized carbons (Fsp3) is 0.333. The maximum absolute atomic E-state index is 12.6. The van der Waals surface area contributed by atoms with Gasteiger partial charge in [0, 0.05) is 19.6 Å². The average Bonchev–Trinajstić information content (AvgIpc) is 3.11. The van der Waals surface area contributed by atoms with Crippen LogP contribution in [0.4, 0.5) is 0 Å². The van der Waals surface area contributed by atoms with E-state index in [0.29, 0.717) is 19.6 Å². The Labute approximate surface area is 153 Å². The number of ether oxygens (including phenoxy) is 2. The predicted molar refractivity (Wildman–Crippen MR) is 97.0 cm³/mol. The van der Waals surface area contributed by atoms with Gasteiger partial charge in [-0.1, -0.05) is 60.7 Å². The van der Waals surface area contributed by atoms with Gasteiger partial charge in [0.25, 0.3) is 0 Å². The van der Waals surface area contributed by atoms with Crippen LogP contribution in [0.2, 0.25) is 0 Å². The second kappa shape index (κ2) is 8.63. The molecule has 136 valence electrons. The molecule has 0 bridgehead atoms. The van der Waals surface area contributed by atoms with E-state index < -0.39 is 11.8 Å². The van der Waals surface area contributed by atoms with Crippen molar-refractivity contribution in [1.82, 2.24) is 4.90 Å². The van der Waals surface area contributed by atoms with E-state index in [9.17, 15) is 9.59 Å². The molecule has 0 saturated carbocycles. The van der Waals surface area contributed by atoms with Crippen LogP contribution in [0.1, 0.15) is 11.1 Å². The molecular formula is C21H23NO4. The molecule has 2 aromatic rings. The van der Waals surface area contributed by atoms with E-state index in [1.54, 1.807) is 0 Å². The number of rotatable bonds is 6. The third-order valence-corrected chi connectivity index (χ3v) is 4.68. The molecule has 1 saturated heterocycles. The second-order valence-electron chi connectivity index (χ2n) is 6.51. The molecule has 26 heavy (non-hydrogen) atoms. The molecule has 0 unspecified atom stereocenters. The third kappa shape index (κ3) is 4.49. The van der Waals surface area contributed by atoms with Crippen LogP contribution in [0.5, 0.6) is 0 Å². The highest BCUT2D eigenvalue weighted by atomic mass is 16.5. The van der Waals surface area contributed by atoms with Crippen LogP contribution in [0.15, 0.2) is 60.7 Å². The predicted octanol–water partition coefficient (Wildman–Crippen LogP) is 2.65. The molecule has 2 atom stereocenters. The third-order valence-electron chi connectivity index (χ3n) is 4.68. The van der Waals surface area contributed by atoms with Gasteiger partial charge in [-0.25, -0.2) is 0 Å². The van der Waals surface area contributed by atoms with Gasteiger partial charge in [-0.3, -0.25) is 14.5 Å². The monoisotopic (exact) mass is 353 g/mol. The second-order valence-corrected chi connectivity index (χ2v) is 6.51. The Balaban J connectivity index is 1.64. The zero-order valence-corrected chi connectivity index (χ0v) is 14.8. The molecule has 0 radical (unpaired) electrons. The standard InChI is InChI=1S/C21H23NO4/c1-25-20(23)18-13-22(12-16-8-4-2-5-9-16)14-19(18)21(24)26-15-17-10-6-3-7-11-17/h2-11,18-19H,12-15H2,1H3/t18-,19-/m1/s1. The van der Waals surface area contributed by atoms with Gasteiger partial charge >= 0.3 is 11.9 Å². The number of hydrogen-bond acceptors (Lipinski definition) is 5. The first kappa shape index (κ1) is 18.1. The van der Waals surface area contributed by atoms with E-state index in [0.717, 1.165) is 11.1 Å². The van der Waals surface area contributed by atoms with Crippen LogP contribution in [0, 0.1) is 11.8 Å². The first-order valence-corrected chi connectivity index (χ1v) is 8.72. The molecule has 3 rings (SSSR count). The van der Waals surface area contributed by atoms with Crippen molar-refractivity contribution in [3.05, 3.63) is 71.8 Å². The number of likely N-dealkylation sites (tertiary alicyclic amines) is 1. The van der Waals surface area contributed by atoms with Gasteiger partial charge in [0.15, 0.2) is 0 Å². The fourth-order valence-corrected chi connectivity index (χ4v) is 3.32. The minimum absolute atomic E-state index is 0.211. The van der Waals surface area contributed by atoms with E-state index in [1.165, 1.54) is 7.11 Å². The number of esters is 2. The Morgan fingerprint density at radius 1 is 0.885 bits per heavy atom. The van der Waals surface area contributed by atoms with Crippen molar-refractivity contribution in [2.75, 3.05) is 20.2 Å². The minimum atomic E-state index is -0.505. The van der Waals surface area contributed by atoms with Crippen molar-refractivity contribution in [3.8, 4) is 0 Å². The van der Waals surface area contributed by atoms with Crippen molar-refractivity contribution in [2.45, 2.75) is 13.2 Å². The lowest BCUT2D eigenvalue weighted by molar-refractivity contribution is -0.157. The smallest absolute Gasteiger partial charge is 0.311 e. The maximum Gasteiger partial charge on any atom is 0.311 e. The molecule has 1 heterocycles. The first-order chi connectivity index (χ1) is 12.7. The number of methoxy groups -OCH3 is 1. The highest BCUT2D eigenvalue weighted by Gasteiger charge is 2.43. The summed E-state index contributed by atoms with van der Waals surface area (Å²) in [6.45, 7) is 1.88. The summed E-state index contributed by atoms with van der Waals surface area (Å²) in [6, 6.07) is 19.5. The molecule has 0 aliphatic carbocycles. The summed E-state index contributed by atoms with van der Waals surface area (Å²) >= 11 is 0. The van der Waals surface area contributed by atoms with Crippen LogP contribution in [-0.2, 0) is 32.2 Å². The Morgan fingerprint density at radius 3 is 2.00 bits per heavy atom. The van der Waals surface area contributed by atoms with Gasteiger partial charge in [0.05, 0.1) is 18.9 Å². The summed E-state index contributed by atoms with van der Waals surface area (Å²) in [4.78, 5) is 26.8. The molecule has 0 aromatic heterocycles. The van der Waals surface area contributed by atoms with E-state index >= 15 is 0 Å². The Kier molecular flexibility index (Phi) is 6.02. The molecule has 1 fully saturated rings. The molecule has 0 spiro atoms. The van der Waals surface area contributed by atoms with Crippen LogP contribution in [0.3, 0.4) is 0 Å². The molecule has 2 aromatic carbocycles. The normalized spacial score (nSPS) is 19.9. The SMILES string of the molecule is COC(=O)[C@@H]1CN(Cc2ccccc2)C[C@H]1C(=O)OCc1ccccc1. The van der Waals surface area contributed by atoms with Gasteiger partial charge in [0.1, 0.15) is 6.61 Å². The molecular weight excluding hydrogens is 330 g/mol. The Bertz CT molecular complexity index is 732. The summed E-state index contributed by atoms with van der Waals surface area (Å²) < 4.78 is 10.4. The summed E-state index contributed by atoms with van der Waals surface area (Å²) in [5.41, 5.74) is 2.07. The van der Waals surface area contributed by atoms with E-state index in [-0.39, 0.29) is 18.5 Å². The van der Waals surface area contributed by atoms with Crippen molar-refractivity contribution in [2.24, 2.45) is 11.8 Å². The van der Waals surface area contributed by atoms with Crippen molar-refractivity contribution >= 4 is 11.9 Å². The molecule has 0 amide bonds. The molecule has 1 aliphatic rings. The average molecular weight is 353 g/mol. The summed E-state index contributed by atoms with van der Waals surface area (Å²) in [5, 5.41) is 0.